The van der Waals surface area contributed by atoms with E-state index >= 15 is 0 Å². The molecule has 0 amide bonds. The maximum Gasteiger partial charge on any atom is 0.269 e. The molecule has 0 aliphatic carbocycles. The first-order valence-electron chi connectivity index (χ1n) is 10.3. The Balaban J connectivity index is 0.00000274. The highest BCUT2D eigenvalue weighted by molar-refractivity contribution is 7.90. The van der Waals surface area contributed by atoms with Crippen LogP contribution in [-0.4, -0.2) is 46.5 Å². The summed E-state index contributed by atoms with van der Waals surface area (Å²) >= 11 is 6.17. The summed E-state index contributed by atoms with van der Waals surface area (Å²) in [5.41, 5.74) is 1.16. The predicted molar refractivity (Wildman–Crippen MR) is 132 cm³/mol. The number of benzene rings is 1. The van der Waals surface area contributed by atoms with Crippen molar-refractivity contribution in [1.82, 2.24) is 24.2 Å². The first-order valence-corrected chi connectivity index (χ1v) is 12.1. The lowest BCUT2D eigenvalue weighted by Gasteiger charge is -2.13. The van der Waals surface area contributed by atoms with Crippen LogP contribution in [0, 0.1) is 12.7 Å². The minimum atomic E-state index is -3.98. The van der Waals surface area contributed by atoms with Crippen LogP contribution in [0.25, 0.3) is 22.4 Å². The second kappa shape index (κ2) is 9.46. The van der Waals surface area contributed by atoms with Crippen LogP contribution >= 0.6 is 24.0 Å². The molecule has 0 unspecified atom stereocenters. The molecule has 1 aromatic carbocycles. The van der Waals surface area contributed by atoms with Gasteiger partial charge in [-0.15, -0.1) is 12.4 Å². The zero-order valence-electron chi connectivity index (χ0n) is 18.0. The number of pyridine rings is 1. The minimum absolute atomic E-state index is 0. The molecule has 1 atom stereocenters. The molecule has 4 aromatic rings. The largest absolute Gasteiger partial charge is 0.363 e. The second-order valence-corrected chi connectivity index (χ2v) is 10.1. The van der Waals surface area contributed by atoms with Crippen LogP contribution in [0.15, 0.2) is 53.8 Å². The molecule has 34 heavy (non-hydrogen) atoms. The van der Waals surface area contributed by atoms with Gasteiger partial charge in [-0.1, -0.05) is 29.8 Å². The lowest BCUT2D eigenvalue weighted by atomic mass is 10.2. The molecule has 0 spiro atoms. The molecule has 1 fully saturated rings. The summed E-state index contributed by atoms with van der Waals surface area (Å²) in [7, 11) is -3.98. The van der Waals surface area contributed by atoms with E-state index in [1.807, 2.05) is 0 Å². The van der Waals surface area contributed by atoms with Crippen molar-refractivity contribution in [3.63, 3.8) is 0 Å². The number of fused-ring (bicyclic) bond motifs is 1. The van der Waals surface area contributed by atoms with E-state index in [-0.39, 0.29) is 40.6 Å². The van der Waals surface area contributed by atoms with Gasteiger partial charge < -0.3 is 10.6 Å². The summed E-state index contributed by atoms with van der Waals surface area (Å²) in [6, 6.07) is 8.34. The van der Waals surface area contributed by atoms with Crippen LogP contribution in [0.3, 0.4) is 0 Å². The molecule has 1 aliphatic heterocycles. The number of aryl methyl sites for hydroxylation is 1. The molecule has 5 rings (SSSR count). The van der Waals surface area contributed by atoms with Gasteiger partial charge >= 0.3 is 0 Å². The van der Waals surface area contributed by atoms with E-state index in [0.29, 0.717) is 28.1 Å². The van der Waals surface area contributed by atoms with Crippen molar-refractivity contribution < 1.29 is 12.8 Å². The van der Waals surface area contributed by atoms with E-state index in [1.165, 1.54) is 18.5 Å². The second-order valence-electron chi connectivity index (χ2n) is 7.86. The molecule has 1 aliphatic rings. The molecular formula is C22H21Cl2FN6O2S. The number of anilines is 1. The number of nitrogens with one attached hydrogen (secondary N) is 2. The van der Waals surface area contributed by atoms with Crippen molar-refractivity contribution in [2.75, 3.05) is 18.4 Å². The smallest absolute Gasteiger partial charge is 0.269 e. The molecule has 4 heterocycles. The molecule has 0 radical (unpaired) electrons. The van der Waals surface area contributed by atoms with Crippen molar-refractivity contribution in [1.29, 1.82) is 0 Å². The summed E-state index contributed by atoms with van der Waals surface area (Å²) < 4.78 is 42.6. The third-order valence-corrected chi connectivity index (χ3v) is 7.61. The van der Waals surface area contributed by atoms with E-state index in [2.05, 4.69) is 25.6 Å². The number of halogens is 3. The van der Waals surface area contributed by atoms with Gasteiger partial charge in [0, 0.05) is 35.9 Å². The van der Waals surface area contributed by atoms with Gasteiger partial charge in [0.1, 0.15) is 0 Å². The number of nitrogens with zero attached hydrogens (tertiary/aromatic N) is 4. The van der Waals surface area contributed by atoms with Crippen LogP contribution in [0.2, 0.25) is 5.02 Å². The molecular weight excluding hydrogens is 502 g/mol. The summed E-state index contributed by atoms with van der Waals surface area (Å²) in [6.07, 6.45) is 4.70. The van der Waals surface area contributed by atoms with Crippen LogP contribution in [0.4, 0.5) is 10.2 Å². The van der Waals surface area contributed by atoms with Crippen LogP contribution in [-0.2, 0) is 10.0 Å². The normalized spacial score (nSPS) is 15.9. The highest BCUT2D eigenvalue weighted by atomic mass is 35.5. The number of rotatable bonds is 5. The lowest BCUT2D eigenvalue weighted by Crippen LogP contribution is -2.23. The van der Waals surface area contributed by atoms with Gasteiger partial charge in [-0.05, 0) is 37.6 Å². The van der Waals surface area contributed by atoms with Gasteiger partial charge in [0.2, 0.25) is 0 Å². The number of hydrogen-bond donors (Lipinski definition) is 2. The Labute approximate surface area is 207 Å². The predicted octanol–water partition coefficient (Wildman–Crippen LogP) is 4.03. The standard InChI is InChI=1S/C22H20ClFN6O2S.ClH/c1-13-4-2-3-5-19(13)33(31,32)30-12-17(16-8-14(23)9-27-22(16)30)20-26-11-18(24)21(29-20)28-15-6-7-25-10-15;/h2-5,8-9,11-12,15,25H,6-7,10H2,1H3,(H,26,28,29);1H/t15-;/m0./s1. The van der Waals surface area contributed by atoms with E-state index in [0.717, 1.165) is 23.1 Å². The Kier molecular flexibility index (Phi) is 6.77. The van der Waals surface area contributed by atoms with Crippen LogP contribution < -0.4 is 10.6 Å². The number of aromatic nitrogens is 4. The number of hydrogen-bond acceptors (Lipinski definition) is 7. The highest BCUT2D eigenvalue weighted by Gasteiger charge is 2.26. The molecule has 12 heteroatoms. The third kappa shape index (κ3) is 4.34. The average Bonchev–Trinajstić information content (AvgIpc) is 3.43. The molecule has 178 valence electrons. The van der Waals surface area contributed by atoms with Crippen molar-refractivity contribution >= 4 is 50.9 Å². The quantitative estimate of drug-likeness (QED) is 0.407. The van der Waals surface area contributed by atoms with Crippen LogP contribution in [0.1, 0.15) is 12.0 Å². The Hall–Kier alpha value is -2.79. The first kappa shape index (κ1) is 24.3. The molecule has 2 N–H and O–H groups in total. The van der Waals surface area contributed by atoms with Gasteiger partial charge in [0.05, 0.1) is 16.1 Å². The van der Waals surface area contributed by atoms with Gasteiger partial charge in [-0.3, -0.25) is 0 Å². The molecule has 0 bridgehead atoms. The Bertz CT molecular complexity index is 1470. The average molecular weight is 523 g/mol. The minimum Gasteiger partial charge on any atom is -0.363 e. The zero-order valence-corrected chi connectivity index (χ0v) is 20.4. The van der Waals surface area contributed by atoms with Gasteiger partial charge in [-0.2, -0.15) is 0 Å². The van der Waals surface area contributed by atoms with Crippen molar-refractivity contribution in [3.05, 3.63) is 65.3 Å². The van der Waals surface area contributed by atoms with Crippen molar-refractivity contribution in [2.24, 2.45) is 0 Å². The topological polar surface area (TPSA) is 102 Å². The maximum absolute atomic E-state index is 14.4. The molecule has 1 saturated heterocycles. The zero-order chi connectivity index (χ0) is 23.2. The Morgan fingerprint density at radius 2 is 2.03 bits per heavy atom. The summed E-state index contributed by atoms with van der Waals surface area (Å²) in [6.45, 7) is 3.26. The van der Waals surface area contributed by atoms with Gasteiger partial charge in [0.15, 0.2) is 23.1 Å². The summed E-state index contributed by atoms with van der Waals surface area (Å²) in [5, 5.41) is 7.07. The Morgan fingerprint density at radius 1 is 1.24 bits per heavy atom. The monoisotopic (exact) mass is 522 g/mol. The van der Waals surface area contributed by atoms with Crippen LogP contribution in [0.5, 0.6) is 0 Å². The van der Waals surface area contributed by atoms with E-state index in [4.69, 9.17) is 11.6 Å². The highest BCUT2D eigenvalue weighted by Crippen LogP contribution is 2.33. The fraction of sp³-hybridized carbons (Fsp3) is 0.227. The molecule has 0 saturated carbocycles. The van der Waals surface area contributed by atoms with Crippen molar-refractivity contribution in [2.45, 2.75) is 24.3 Å². The maximum atomic E-state index is 14.4. The molecule has 8 nitrogen and oxygen atoms in total. The fourth-order valence-electron chi connectivity index (χ4n) is 3.94. The first-order chi connectivity index (χ1) is 15.8. The van der Waals surface area contributed by atoms with Gasteiger partial charge in [0.25, 0.3) is 10.0 Å². The fourth-order valence-corrected chi connectivity index (χ4v) is 5.65. The van der Waals surface area contributed by atoms with E-state index < -0.39 is 15.8 Å². The Morgan fingerprint density at radius 3 is 2.76 bits per heavy atom. The SMILES string of the molecule is Cc1ccccc1S(=O)(=O)n1cc(-c2ncc(F)c(N[C@H]3CCNC3)n2)c2cc(Cl)cnc21.Cl. The molecule has 3 aromatic heterocycles. The summed E-state index contributed by atoms with van der Waals surface area (Å²) in [5.74, 6) is -0.359. The van der Waals surface area contributed by atoms with E-state index in [9.17, 15) is 12.8 Å². The van der Waals surface area contributed by atoms with Crippen molar-refractivity contribution in [3.8, 4) is 11.4 Å². The lowest BCUT2D eigenvalue weighted by molar-refractivity contribution is 0.588. The summed E-state index contributed by atoms with van der Waals surface area (Å²) in [4.78, 5) is 12.9. The third-order valence-electron chi connectivity index (χ3n) is 5.60. The van der Waals surface area contributed by atoms with Gasteiger partial charge in [-0.25, -0.2) is 31.7 Å². The van der Waals surface area contributed by atoms with E-state index in [1.54, 1.807) is 31.2 Å².